The molecule has 4 rings (SSSR count). The van der Waals surface area contributed by atoms with E-state index >= 15 is 0 Å². The Morgan fingerprint density at radius 1 is 1.20 bits per heavy atom. The van der Waals surface area contributed by atoms with E-state index in [0.29, 0.717) is 17.2 Å². The van der Waals surface area contributed by atoms with Gasteiger partial charge in [-0.2, -0.15) is 9.61 Å². The molecule has 0 aliphatic rings. The van der Waals surface area contributed by atoms with E-state index in [1.807, 2.05) is 37.3 Å². The largest absolute Gasteiger partial charge is 0.382 e. The quantitative estimate of drug-likeness (QED) is 0.561. The molecule has 4 aromatic rings. The Hall–Kier alpha value is -2.96. The first kappa shape index (κ1) is 10.9. The van der Waals surface area contributed by atoms with Gasteiger partial charge < -0.3 is 5.73 Å². The molecular formula is C13H11N7. The maximum atomic E-state index is 6.19. The fraction of sp³-hybridized carbons (Fsp3) is 0.0769. The molecule has 0 radical (unpaired) electrons. The predicted molar refractivity (Wildman–Crippen MR) is 74.6 cm³/mol. The highest BCUT2D eigenvalue weighted by molar-refractivity contribution is 5.77. The van der Waals surface area contributed by atoms with Crippen LogP contribution in [0.1, 0.15) is 5.69 Å². The van der Waals surface area contributed by atoms with Crippen molar-refractivity contribution in [1.29, 1.82) is 0 Å². The highest BCUT2D eigenvalue weighted by Gasteiger charge is 2.13. The standard InChI is InChI=1S/C13H11N7/c1-8-6-12-15-7-11(13(14)20(12)17-8)19-10-5-3-2-4-9(10)16-18-19/h2-7H,14H2,1H3. The number of fused-ring (bicyclic) bond motifs is 2. The first-order chi connectivity index (χ1) is 9.74. The second kappa shape index (κ2) is 3.77. The molecule has 0 saturated heterocycles. The van der Waals surface area contributed by atoms with E-state index < -0.39 is 0 Å². The van der Waals surface area contributed by atoms with Crippen LogP contribution in [0.25, 0.3) is 22.4 Å². The lowest BCUT2D eigenvalue weighted by atomic mass is 10.3. The predicted octanol–water partition coefficient (Wildman–Crippen LogP) is 1.35. The molecular weight excluding hydrogens is 254 g/mol. The SMILES string of the molecule is Cc1cc2ncc(-n3nnc4ccccc43)c(N)n2n1. The van der Waals surface area contributed by atoms with Crippen LogP contribution in [0, 0.1) is 6.92 Å². The van der Waals surface area contributed by atoms with Gasteiger partial charge in [0, 0.05) is 6.07 Å². The summed E-state index contributed by atoms with van der Waals surface area (Å²) >= 11 is 0. The topological polar surface area (TPSA) is 86.9 Å². The molecule has 3 aromatic heterocycles. The Morgan fingerprint density at radius 2 is 2.05 bits per heavy atom. The van der Waals surface area contributed by atoms with Crippen molar-refractivity contribution >= 4 is 22.5 Å². The number of nitrogens with zero attached hydrogens (tertiary/aromatic N) is 6. The Balaban J connectivity index is 2.04. The average molecular weight is 265 g/mol. The van der Waals surface area contributed by atoms with Crippen LogP contribution in [0.15, 0.2) is 36.5 Å². The van der Waals surface area contributed by atoms with Crippen LogP contribution in [-0.2, 0) is 0 Å². The fourth-order valence-electron chi connectivity index (χ4n) is 2.27. The minimum Gasteiger partial charge on any atom is -0.382 e. The number of para-hydroxylation sites is 1. The molecule has 0 unspecified atom stereocenters. The summed E-state index contributed by atoms with van der Waals surface area (Å²) in [6.07, 6.45) is 1.69. The van der Waals surface area contributed by atoms with E-state index in [-0.39, 0.29) is 0 Å². The molecule has 7 nitrogen and oxygen atoms in total. The first-order valence-corrected chi connectivity index (χ1v) is 6.16. The van der Waals surface area contributed by atoms with Gasteiger partial charge in [-0.05, 0) is 19.1 Å². The van der Waals surface area contributed by atoms with Gasteiger partial charge in [0.05, 0.1) is 17.4 Å². The Labute approximate surface area is 113 Å². The third-order valence-corrected chi connectivity index (χ3v) is 3.20. The number of aromatic nitrogens is 6. The zero-order valence-electron chi connectivity index (χ0n) is 10.7. The zero-order valence-corrected chi connectivity index (χ0v) is 10.7. The van der Waals surface area contributed by atoms with Crippen LogP contribution in [-0.4, -0.2) is 29.6 Å². The number of rotatable bonds is 1. The molecule has 20 heavy (non-hydrogen) atoms. The number of hydrogen-bond acceptors (Lipinski definition) is 5. The molecule has 0 aliphatic carbocycles. The summed E-state index contributed by atoms with van der Waals surface area (Å²) in [5.74, 6) is 0.485. The van der Waals surface area contributed by atoms with Gasteiger partial charge in [-0.15, -0.1) is 5.10 Å². The molecule has 2 N–H and O–H groups in total. The van der Waals surface area contributed by atoms with Crippen molar-refractivity contribution in [3.05, 3.63) is 42.2 Å². The molecule has 98 valence electrons. The van der Waals surface area contributed by atoms with Gasteiger partial charge in [-0.1, -0.05) is 17.3 Å². The summed E-state index contributed by atoms with van der Waals surface area (Å²) in [6, 6.07) is 9.57. The maximum Gasteiger partial charge on any atom is 0.157 e. The van der Waals surface area contributed by atoms with E-state index in [9.17, 15) is 0 Å². The van der Waals surface area contributed by atoms with Gasteiger partial charge in [0.1, 0.15) is 11.2 Å². The van der Waals surface area contributed by atoms with E-state index in [0.717, 1.165) is 16.7 Å². The Morgan fingerprint density at radius 3 is 2.95 bits per heavy atom. The van der Waals surface area contributed by atoms with Crippen LogP contribution in [0.3, 0.4) is 0 Å². The van der Waals surface area contributed by atoms with Crippen molar-refractivity contribution in [3.63, 3.8) is 0 Å². The van der Waals surface area contributed by atoms with Gasteiger partial charge >= 0.3 is 0 Å². The van der Waals surface area contributed by atoms with Gasteiger partial charge in [0.15, 0.2) is 11.5 Å². The number of hydrogen-bond donors (Lipinski definition) is 1. The van der Waals surface area contributed by atoms with Crippen molar-refractivity contribution in [2.24, 2.45) is 0 Å². The molecule has 0 atom stereocenters. The third kappa shape index (κ3) is 1.40. The van der Waals surface area contributed by atoms with E-state index in [1.54, 1.807) is 15.4 Å². The molecule has 7 heteroatoms. The second-order valence-corrected chi connectivity index (χ2v) is 4.57. The van der Waals surface area contributed by atoms with E-state index in [4.69, 9.17) is 5.73 Å². The van der Waals surface area contributed by atoms with Crippen LogP contribution in [0.4, 0.5) is 5.82 Å². The van der Waals surface area contributed by atoms with E-state index in [2.05, 4.69) is 20.4 Å². The summed E-state index contributed by atoms with van der Waals surface area (Å²) in [5, 5.41) is 12.6. The van der Waals surface area contributed by atoms with Crippen LogP contribution < -0.4 is 5.73 Å². The lowest BCUT2D eigenvalue weighted by Gasteiger charge is -2.06. The molecule has 0 spiro atoms. The lowest BCUT2D eigenvalue weighted by molar-refractivity contribution is 0.807. The second-order valence-electron chi connectivity index (χ2n) is 4.57. The lowest BCUT2D eigenvalue weighted by Crippen LogP contribution is -2.08. The first-order valence-electron chi connectivity index (χ1n) is 6.16. The van der Waals surface area contributed by atoms with Crippen molar-refractivity contribution in [2.75, 3.05) is 5.73 Å². The fourth-order valence-corrected chi connectivity index (χ4v) is 2.27. The smallest absolute Gasteiger partial charge is 0.157 e. The molecule has 0 amide bonds. The summed E-state index contributed by atoms with van der Waals surface area (Å²) in [5.41, 5.74) is 10.1. The Kier molecular flexibility index (Phi) is 2.06. The van der Waals surface area contributed by atoms with Crippen molar-refractivity contribution in [1.82, 2.24) is 29.6 Å². The molecule has 0 saturated carbocycles. The van der Waals surface area contributed by atoms with Gasteiger partial charge in [0.25, 0.3) is 0 Å². The number of nitrogen functional groups attached to an aromatic ring is 1. The van der Waals surface area contributed by atoms with Crippen LogP contribution in [0.5, 0.6) is 0 Å². The number of nitrogens with two attached hydrogens (primary N) is 1. The van der Waals surface area contributed by atoms with Gasteiger partial charge in [-0.3, -0.25) is 0 Å². The minimum absolute atomic E-state index is 0.485. The average Bonchev–Trinajstić information content (AvgIpc) is 3.03. The van der Waals surface area contributed by atoms with Crippen molar-refractivity contribution in [2.45, 2.75) is 6.92 Å². The highest BCUT2D eigenvalue weighted by Crippen LogP contribution is 2.21. The van der Waals surface area contributed by atoms with Crippen molar-refractivity contribution < 1.29 is 0 Å². The molecule has 0 bridgehead atoms. The van der Waals surface area contributed by atoms with Crippen LogP contribution >= 0.6 is 0 Å². The number of benzene rings is 1. The maximum absolute atomic E-state index is 6.19. The number of aryl methyl sites for hydroxylation is 1. The van der Waals surface area contributed by atoms with Gasteiger partial charge in [0.2, 0.25) is 0 Å². The minimum atomic E-state index is 0.485. The monoisotopic (exact) mass is 265 g/mol. The number of anilines is 1. The summed E-state index contributed by atoms with van der Waals surface area (Å²) in [4.78, 5) is 4.36. The van der Waals surface area contributed by atoms with Gasteiger partial charge in [-0.25, -0.2) is 9.67 Å². The van der Waals surface area contributed by atoms with Crippen LogP contribution in [0.2, 0.25) is 0 Å². The highest BCUT2D eigenvalue weighted by atomic mass is 15.4. The molecule has 0 aliphatic heterocycles. The summed E-state index contributed by atoms with van der Waals surface area (Å²) in [7, 11) is 0. The van der Waals surface area contributed by atoms with E-state index in [1.165, 1.54) is 0 Å². The normalized spacial score (nSPS) is 11.4. The molecule has 0 fully saturated rings. The summed E-state index contributed by atoms with van der Waals surface area (Å²) < 4.78 is 3.29. The Bertz CT molecular complexity index is 934. The summed E-state index contributed by atoms with van der Waals surface area (Å²) in [6.45, 7) is 1.90. The molecule has 3 heterocycles. The zero-order chi connectivity index (χ0) is 13.7. The van der Waals surface area contributed by atoms with Crippen molar-refractivity contribution in [3.8, 4) is 5.69 Å². The third-order valence-electron chi connectivity index (χ3n) is 3.20. The molecule has 1 aromatic carbocycles.